The van der Waals surface area contributed by atoms with Crippen LogP contribution in [0.1, 0.15) is 22.2 Å². The van der Waals surface area contributed by atoms with Gasteiger partial charge in [-0.25, -0.2) is 0 Å². The van der Waals surface area contributed by atoms with Gasteiger partial charge in [0.15, 0.2) is 0 Å². The van der Waals surface area contributed by atoms with Gasteiger partial charge in [-0.3, -0.25) is 4.79 Å². The lowest BCUT2D eigenvalue weighted by Crippen LogP contribution is -2.30. The van der Waals surface area contributed by atoms with Gasteiger partial charge in [-0.15, -0.1) is 0 Å². The highest BCUT2D eigenvalue weighted by atomic mass is 16.5. The summed E-state index contributed by atoms with van der Waals surface area (Å²) in [5.41, 5.74) is 0.462. The van der Waals surface area contributed by atoms with E-state index >= 15 is 0 Å². The van der Waals surface area contributed by atoms with Crippen molar-refractivity contribution >= 4 is 5.91 Å². The molecule has 2 aromatic rings. The number of carbonyl (C=O) groups is 1. The maximum atomic E-state index is 12.1. The molecule has 19 heavy (non-hydrogen) atoms. The molecule has 1 amide bonds. The van der Waals surface area contributed by atoms with Crippen molar-refractivity contribution in [2.45, 2.75) is 6.04 Å². The minimum absolute atomic E-state index is 0.233. The Kier molecular flexibility index (Phi) is 4.20. The zero-order valence-corrected chi connectivity index (χ0v) is 10.5. The number of hydrogen-bond acceptors (Lipinski definition) is 4. The van der Waals surface area contributed by atoms with Crippen molar-refractivity contribution in [3.63, 3.8) is 0 Å². The van der Waals surface area contributed by atoms with Crippen LogP contribution >= 0.6 is 0 Å². The molecule has 0 aliphatic carbocycles. The topological polar surface area (TPSA) is 71.7 Å². The number of amides is 1. The van der Waals surface area contributed by atoms with Crippen LogP contribution in [0.3, 0.4) is 0 Å². The second-order valence-corrected chi connectivity index (χ2v) is 3.96. The monoisotopic (exact) mass is 261 g/mol. The van der Waals surface area contributed by atoms with Crippen LogP contribution in [0.2, 0.25) is 0 Å². The van der Waals surface area contributed by atoms with Crippen molar-refractivity contribution in [2.24, 2.45) is 0 Å². The van der Waals surface area contributed by atoms with Gasteiger partial charge in [0.2, 0.25) is 0 Å². The third-order valence-corrected chi connectivity index (χ3v) is 2.71. The molecular weight excluding hydrogens is 246 g/mol. The number of ether oxygens (including phenoxy) is 1. The van der Waals surface area contributed by atoms with Crippen LogP contribution in [0, 0.1) is 0 Å². The maximum absolute atomic E-state index is 12.1. The molecule has 1 aromatic carbocycles. The molecule has 1 aromatic heterocycles. The Bertz CT molecular complexity index is 536. The predicted octanol–water partition coefficient (Wildman–Crippen LogP) is 1.75. The molecule has 2 rings (SSSR count). The molecule has 0 radical (unpaired) electrons. The highest BCUT2D eigenvalue weighted by Crippen LogP contribution is 2.16. The number of rotatable bonds is 5. The number of methoxy groups -OCH3 is 1. The quantitative estimate of drug-likeness (QED) is 0.860. The first-order chi connectivity index (χ1) is 9.24. The first-order valence-corrected chi connectivity index (χ1v) is 5.83. The standard InChI is InChI=1S/C14H15NO4/c1-18-11-5-2-4-10(8-11)14(17)15-12(9-16)13-6-3-7-19-13/h2-8,12,16H,9H2,1H3,(H,15,17). The van der Waals surface area contributed by atoms with Gasteiger partial charge in [0, 0.05) is 5.56 Å². The van der Waals surface area contributed by atoms with Crippen LogP contribution in [0.25, 0.3) is 0 Å². The van der Waals surface area contributed by atoms with Crippen LogP contribution in [-0.4, -0.2) is 24.7 Å². The molecule has 5 heteroatoms. The van der Waals surface area contributed by atoms with E-state index < -0.39 is 6.04 Å². The predicted molar refractivity (Wildman–Crippen MR) is 69.0 cm³/mol. The van der Waals surface area contributed by atoms with Gasteiger partial charge >= 0.3 is 0 Å². The van der Waals surface area contributed by atoms with Crippen molar-refractivity contribution in [1.82, 2.24) is 5.32 Å². The van der Waals surface area contributed by atoms with Crippen molar-refractivity contribution in [3.8, 4) is 5.75 Å². The average Bonchev–Trinajstić information content (AvgIpc) is 2.98. The van der Waals surface area contributed by atoms with Gasteiger partial charge < -0.3 is 19.6 Å². The molecule has 2 N–H and O–H groups in total. The number of benzene rings is 1. The minimum atomic E-state index is -0.561. The smallest absolute Gasteiger partial charge is 0.252 e. The summed E-state index contributed by atoms with van der Waals surface area (Å²) >= 11 is 0. The Morgan fingerprint density at radius 2 is 2.26 bits per heavy atom. The van der Waals surface area contributed by atoms with Crippen LogP contribution < -0.4 is 10.1 Å². The number of hydrogen-bond donors (Lipinski definition) is 2. The molecule has 0 fully saturated rings. The van der Waals surface area contributed by atoms with E-state index in [2.05, 4.69) is 5.32 Å². The fourth-order valence-electron chi connectivity index (χ4n) is 1.70. The van der Waals surface area contributed by atoms with E-state index in [4.69, 9.17) is 9.15 Å². The first-order valence-electron chi connectivity index (χ1n) is 5.83. The molecule has 1 heterocycles. The zero-order valence-electron chi connectivity index (χ0n) is 10.5. The summed E-state index contributed by atoms with van der Waals surface area (Å²) in [6.07, 6.45) is 1.50. The van der Waals surface area contributed by atoms with Gasteiger partial charge in [0.1, 0.15) is 17.6 Å². The number of nitrogens with one attached hydrogen (secondary N) is 1. The van der Waals surface area contributed by atoms with E-state index in [1.54, 1.807) is 36.4 Å². The summed E-state index contributed by atoms with van der Waals surface area (Å²) < 4.78 is 10.2. The second kappa shape index (κ2) is 6.06. The van der Waals surface area contributed by atoms with Gasteiger partial charge in [0.05, 0.1) is 20.0 Å². The summed E-state index contributed by atoms with van der Waals surface area (Å²) in [4.78, 5) is 12.1. The largest absolute Gasteiger partial charge is 0.497 e. The molecule has 100 valence electrons. The summed E-state index contributed by atoms with van der Waals surface area (Å²) in [6.45, 7) is -0.233. The van der Waals surface area contributed by atoms with Crippen molar-refractivity contribution < 1.29 is 19.1 Å². The Morgan fingerprint density at radius 1 is 1.42 bits per heavy atom. The third-order valence-electron chi connectivity index (χ3n) is 2.71. The lowest BCUT2D eigenvalue weighted by Gasteiger charge is -2.14. The number of aliphatic hydroxyl groups is 1. The van der Waals surface area contributed by atoms with E-state index in [0.717, 1.165) is 0 Å². The van der Waals surface area contributed by atoms with E-state index in [9.17, 15) is 9.90 Å². The summed E-state index contributed by atoms with van der Waals surface area (Å²) in [6, 6.07) is 9.64. The molecule has 0 bridgehead atoms. The van der Waals surface area contributed by atoms with Crippen molar-refractivity contribution in [2.75, 3.05) is 13.7 Å². The molecule has 0 aliphatic heterocycles. The first kappa shape index (κ1) is 13.2. The lowest BCUT2D eigenvalue weighted by molar-refractivity contribution is 0.0907. The molecule has 0 saturated carbocycles. The summed E-state index contributed by atoms with van der Waals surface area (Å²) in [5, 5.41) is 12.0. The number of aliphatic hydroxyl groups excluding tert-OH is 1. The SMILES string of the molecule is COc1cccc(C(=O)NC(CO)c2ccco2)c1. The lowest BCUT2D eigenvalue weighted by atomic mass is 10.1. The van der Waals surface area contributed by atoms with Crippen LogP contribution in [0.15, 0.2) is 47.1 Å². The molecule has 0 spiro atoms. The Morgan fingerprint density at radius 3 is 2.89 bits per heavy atom. The van der Waals surface area contributed by atoms with E-state index in [1.807, 2.05) is 0 Å². The number of carbonyl (C=O) groups excluding carboxylic acids is 1. The van der Waals surface area contributed by atoms with Gasteiger partial charge in [-0.2, -0.15) is 0 Å². The molecule has 1 atom stereocenters. The highest BCUT2D eigenvalue weighted by Gasteiger charge is 2.17. The van der Waals surface area contributed by atoms with E-state index in [-0.39, 0.29) is 12.5 Å². The number of furan rings is 1. The zero-order chi connectivity index (χ0) is 13.7. The molecule has 0 saturated heterocycles. The fraction of sp³-hybridized carbons (Fsp3) is 0.214. The van der Waals surface area contributed by atoms with E-state index in [0.29, 0.717) is 17.1 Å². The van der Waals surface area contributed by atoms with Crippen LogP contribution in [0.4, 0.5) is 0 Å². The highest BCUT2D eigenvalue weighted by molar-refractivity contribution is 5.94. The van der Waals surface area contributed by atoms with Crippen molar-refractivity contribution in [1.29, 1.82) is 0 Å². The maximum Gasteiger partial charge on any atom is 0.252 e. The van der Waals surface area contributed by atoms with Crippen LogP contribution in [0.5, 0.6) is 5.75 Å². The van der Waals surface area contributed by atoms with Gasteiger partial charge in [-0.1, -0.05) is 6.07 Å². The van der Waals surface area contributed by atoms with Crippen molar-refractivity contribution in [3.05, 3.63) is 54.0 Å². The Hall–Kier alpha value is -2.27. The molecule has 5 nitrogen and oxygen atoms in total. The van der Waals surface area contributed by atoms with Gasteiger partial charge in [-0.05, 0) is 30.3 Å². The second-order valence-electron chi connectivity index (χ2n) is 3.96. The van der Waals surface area contributed by atoms with Gasteiger partial charge in [0.25, 0.3) is 5.91 Å². The Balaban J connectivity index is 2.11. The molecular formula is C14H15NO4. The fourth-order valence-corrected chi connectivity index (χ4v) is 1.70. The molecule has 0 aliphatic rings. The van der Waals surface area contributed by atoms with Crippen LogP contribution in [-0.2, 0) is 0 Å². The average molecular weight is 261 g/mol. The van der Waals surface area contributed by atoms with E-state index in [1.165, 1.54) is 13.4 Å². The third kappa shape index (κ3) is 3.14. The Labute approximate surface area is 110 Å². The molecule has 1 unspecified atom stereocenters. The normalized spacial score (nSPS) is 11.9. The minimum Gasteiger partial charge on any atom is -0.497 e. The summed E-state index contributed by atoms with van der Waals surface area (Å²) in [7, 11) is 1.54. The summed E-state index contributed by atoms with van der Waals surface area (Å²) in [5.74, 6) is 0.819.